The number of hydrogen-bond acceptors (Lipinski definition) is 3. The Kier molecular flexibility index (Phi) is 5.38. The van der Waals surface area contributed by atoms with Crippen LogP contribution >= 0.6 is 39.1 Å². The molecule has 3 aromatic rings. The average molecular weight is 461 g/mol. The summed E-state index contributed by atoms with van der Waals surface area (Å²) in [5.41, 5.74) is 0.881. The molecule has 0 atom stereocenters. The van der Waals surface area contributed by atoms with Crippen molar-refractivity contribution in [1.82, 2.24) is 9.78 Å². The lowest BCUT2D eigenvalue weighted by Gasteiger charge is -2.06. The highest BCUT2D eigenvalue weighted by molar-refractivity contribution is 9.10. The predicted molar refractivity (Wildman–Crippen MR) is 103 cm³/mol. The largest absolute Gasteiger partial charge is 0.265 e. The van der Waals surface area contributed by atoms with E-state index in [1.54, 1.807) is 16.9 Å². The van der Waals surface area contributed by atoms with Crippen LogP contribution in [0.2, 0.25) is 10.0 Å². The van der Waals surface area contributed by atoms with Gasteiger partial charge in [0.15, 0.2) is 5.82 Å². The normalized spacial score (nSPS) is 11.5. The fourth-order valence-corrected chi connectivity index (χ4v) is 4.03. The summed E-state index contributed by atoms with van der Waals surface area (Å²) >= 11 is 15.3. The molecule has 0 bridgehead atoms. The SMILES string of the molecule is O=S(=O)(Nc1nn(Cc2ccccc2Cl)cc1Br)c1ccc(Cl)cc1. The molecule has 25 heavy (non-hydrogen) atoms. The quantitative estimate of drug-likeness (QED) is 0.594. The summed E-state index contributed by atoms with van der Waals surface area (Å²) in [4.78, 5) is 0.101. The number of hydrogen-bond donors (Lipinski definition) is 1. The molecule has 9 heteroatoms. The van der Waals surface area contributed by atoms with E-state index in [2.05, 4.69) is 25.8 Å². The number of aromatic nitrogens is 2. The van der Waals surface area contributed by atoms with E-state index in [-0.39, 0.29) is 10.7 Å². The van der Waals surface area contributed by atoms with Crippen LogP contribution in [0.5, 0.6) is 0 Å². The summed E-state index contributed by atoms with van der Waals surface area (Å²) < 4.78 is 29.5. The van der Waals surface area contributed by atoms with Gasteiger partial charge in [0.05, 0.1) is 15.9 Å². The van der Waals surface area contributed by atoms with E-state index in [4.69, 9.17) is 23.2 Å². The van der Waals surface area contributed by atoms with E-state index in [1.807, 2.05) is 18.2 Å². The molecule has 0 aliphatic rings. The number of anilines is 1. The molecular formula is C16H12BrCl2N3O2S. The standard InChI is InChI=1S/C16H12BrCl2N3O2S/c17-14-10-22(9-11-3-1-2-4-15(11)19)20-16(14)21-25(23,24)13-7-5-12(18)6-8-13/h1-8,10H,9H2,(H,20,21). The van der Waals surface area contributed by atoms with Crippen molar-refractivity contribution < 1.29 is 8.42 Å². The lowest BCUT2D eigenvalue weighted by molar-refractivity contribution is 0.600. The number of nitrogens with zero attached hydrogens (tertiary/aromatic N) is 2. The fraction of sp³-hybridized carbons (Fsp3) is 0.0625. The zero-order valence-corrected chi connectivity index (χ0v) is 16.6. The lowest BCUT2D eigenvalue weighted by Crippen LogP contribution is -2.14. The topological polar surface area (TPSA) is 64.0 Å². The second-order valence-electron chi connectivity index (χ2n) is 5.17. The van der Waals surface area contributed by atoms with Crippen molar-refractivity contribution in [2.45, 2.75) is 11.4 Å². The Morgan fingerprint density at radius 1 is 1.08 bits per heavy atom. The van der Waals surface area contributed by atoms with Crippen molar-refractivity contribution in [2.75, 3.05) is 4.72 Å². The van der Waals surface area contributed by atoms with E-state index in [0.29, 0.717) is 21.1 Å². The summed E-state index contributed by atoms with van der Waals surface area (Å²) in [7, 11) is -3.76. The zero-order chi connectivity index (χ0) is 18.0. The zero-order valence-electron chi connectivity index (χ0n) is 12.7. The van der Waals surface area contributed by atoms with Gasteiger partial charge in [-0.25, -0.2) is 8.42 Å². The van der Waals surface area contributed by atoms with Gasteiger partial charge >= 0.3 is 0 Å². The summed E-state index contributed by atoms with van der Waals surface area (Å²) in [6, 6.07) is 13.3. The third-order valence-corrected chi connectivity index (χ3v) is 5.92. The molecular weight excluding hydrogens is 449 g/mol. The van der Waals surface area contributed by atoms with E-state index in [1.165, 1.54) is 24.3 Å². The molecule has 0 spiro atoms. The summed E-state index contributed by atoms with van der Waals surface area (Å²) in [6.45, 7) is 0.418. The number of halogens is 3. The van der Waals surface area contributed by atoms with Crippen LogP contribution in [0, 0.1) is 0 Å². The van der Waals surface area contributed by atoms with Gasteiger partial charge in [0.1, 0.15) is 0 Å². The third kappa shape index (κ3) is 4.36. The summed E-state index contributed by atoms with van der Waals surface area (Å²) in [6.07, 6.45) is 1.68. The summed E-state index contributed by atoms with van der Waals surface area (Å²) in [5.74, 6) is 0.196. The van der Waals surface area contributed by atoms with Crippen molar-refractivity contribution in [1.29, 1.82) is 0 Å². The van der Waals surface area contributed by atoms with Crippen molar-refractivity contribution in [3.8, 4) is 0 Å². The number of benzene rings is 2. The predicted octanol–water partition coefficient (Wildman–Crippen LogP) is 4.80. The van der Waals surface area contributed by atoms with Crippen LogP contribution in [0.1, 0.15) is 5.56 Å². The van der Waals surface area contributed by atoms with Crippen LogP contribution in [-0.4, -0.2) is 18.2 Å². The summed E-state index contributed by atoms with van der Waals surface area (Å²) in [5, 5.41) is 5.35. The molecule has 5 nitrogen and oxygen atoms in total. The Bertz CT molecular complexity index is 1000. The van der Waals surface area contributed by atoms with Gasteiger partial charge in [0.2, 0.25) is 0 Å². The van der Waals surface area contributed by atoms with E-state index >= 15 is 0 Å². The lowest BCUT2D eigenvalue weighted by atomic mass is 10.2. The Morgan fingerprint density at radius 3 is 2.44 bits per heavy atom. The molecule has 0 saturated heterocycles. The van der Waals surface area contributed by atoms with Gasteiger partial charge in [0, 0.05) is 16.2 Å². The van der Waals surface area contributed by atoms with Gasteiger partial charge in [-0.05, 0) is 51.8 Å². The monoisotopic (exact) mass is 459 g/mol. The third-order valence-electron chi connectivity index (χ3n) is 3.36. The molecule has 0 radical (unpaired) electrons. The number of sulfonamides is 1. The van der Waals surface area contributed by atoms with Crippen LogP contribution in [0.3, 0.4) is 0 Å². The molecule has 1 heterocycles. The van der Waals surface area contributed by atoms with Crippen molar-refractivity contribution in [3.05, 3.63) is 74.8 Å². The minimum absolute atomic E-state index is 0.101. The minimum atomic E-state index is -3.76. The van der Waals surface area contributed by atoms with Crippen LogP contribution in [0.15, 0.2) is 64.1 Å². The highest BCUT2D eigenvalue weighted by Crippen LogP contribution is 2.25. The number of nitrogens with one attached hydrogen (secondary N) is 1. The minimum Gasteiger partial charge on any atom is -0.265 e. The van der Waals surface area contributed by atoms with Crippen molar-refractivity contribution >= 4 is 55.0 Å². The smallest absolute Gasteiger partial charge is 0.263 e. The second kappa shape index (κ2) is 7.37. The maximum Gasteiger partial charge on any atom is 0.263 e. The molecule has 0 saturated carbocycles. The number of rotatable bonds is 5. The van der Waals surface area contributed by atoms with E-state index in [0.717, 1.165) is 5.56 Å². The Hall–Kier alpha value is -1.54. The first-order valence-electron chi connectivity index (χ1n) is 7.10. The van der Waals surface area contributed by atoms with Gasteiger partial charge in [-0.1, -0.05) is 41.4 Å². The van der Waals surface area contributed by atoms with Crippen molar-refractivity contribution in [3.63, 3.8) is 0 Å². The Morgan fingerprint density at radius 2 is 1.76 bits per heavy atom. The van der Waals surface area contributed by atoms with Gasteiger partial charge in [0.25, 0.3) is 10.0 Å². The van der Waals surface area contributed by atoms with E-state index < -0.39 is 10.0 Å². The van der Waals surface area contributed by atoms with Crippen LogP contribution in [-0.2, 0) is 16.6 Å². The highest BCUT2D eigenvalue weighted by atomic mass is 79.9. The molecule has 0 amide bonds. The Labute approximate surface area is 163 Å². The maximum absolute atomic E-state index is 12.4. The molecule has 1 N–H and O–H groups in total. The van der Waals surface area contributed by atoms with Crippen LogP contribution in [0.4, 0.5) is 5.82 Å². The highest BCUT2D eigenvalue weighted by Gasteiger charge is 2.18. The molecule has 0 aliphatic heterocycles. The van der Waals surface area contributed by atoms with Gasteiger partial charge in [-0.15, -0.1) is 0 Å². The molecule has 0 unspecified atom stereocenters. The van der Waals surface area contributed by atoms with Gasteiger partial charge in [-0.2, -0.15) is 5.10 Å². The first-order valence-corrected chi connectivity index (χ1v) is 10.1. The molecule has 3 rings (SSSR count). The molecule has 2 aromatic carbocycles. The van der Waals surface area contributed by atoms with E-state index in [9.17, 15) is 8.42 Å². The second-order valence-corrected chi connectivity index (χ2v) is 8.55. The van der Waals surface area contributed by atoms with Gasteiger partial charge < -0.3 is 0 Å². The molecule has 0 fully saturated rings. The van der Waals surface area contributed by atoms with Crippen LogP contribution in [0.25, 0.3) is 0 Å². The average Bonchev–Trinajstić information content (AvgIpc) is 2.89. The van der Waals surface area contributed by atoms with Crippen molar-refractivity contribution in [2.24, 2.45) is 0 Å². The first kappa shape index (κ1) is 18.3. The fourth-order valence-electron chi connectivity index (χ4n) is 2.15. The van der Waals surface area contributed by atoms with Gasteiger partial charge in [-0.3, -0.25) is 9.40 Å². The molecule has 1 aromatic heterocycles. The molecule has 130 valence electrons. The first-order chi connectivity index (χ1) is 11.8. The maximum atomic E-state index is 12.4. The Balaban J connectivity index is 1.83. The van der Waals surface area contributed by atoms with Crippen LogP contribution < -0.4 is 4.72 Å². The molecule has 0 aliphatic carbocycles.